The topological polar surface area (TPSA) is 439 Å². The lowest BCUT2D eigenvalue weighted by molar-refractivity contribution is -0.162. The monoisotopic (exact) mass is 854 g/mol. The van der Waals surface area contributed by atoms with Crippen LogP contribution in [0.3, 0.4) is 0 Å². The molecule has 0 saturated heterocycles. The number of nitrogens with zero attached hydrogens (tertiary/aromatic N) is 1. The number of aromatic amines is 2. The minimum Gasteiger partial charge on any atom is -0.480 e. The number of carbonyl (C=O) groups excluding carboxylic acids is 2. The number of fused-ring (bicyclic) bond motifs is 1. The van der Waals surface area contributed by atoms with Crippen LogP contribution in [0.5, 0.6) is 0 Å². The van der Waals surface area contributed by atoms with E-state index >= 15 is 0 Å². The third kappa shape index (κ3) is 26.6. The Hall–Kier alpha value is -5.33. The Morgan fingerprint density at radius 1 is 0.667 bits per heavy atom. The van der Waals surface area contributed by atoms with Crippen molar-refractivity contribution in [3.05, 3.63) is 54.2 Å². The van der Waals surface area contributed by atoms with Gasteiger partial charge in [0.05, 0.1) is 18.6 Å². The zero-order chi connectivity index (χ0) is 46.5. The van der Waals surface area contributed by atoms with E-state index in [0.717, 1.165) is 29.3 Å². The Bertz CT molecular complexity index is 1690. The number of benzene rings is 1. The van der Waals surface area contributed by atoms with Gasteiger partial charge in [0.1, 0.15) is 36.3 Å². The predicted molar refractivity (Wildman–Crippen MR) is 223 cm³/mol. The molecule has 3 aromatic rings. The number of carbonyl (C=O) groups is 6. The number of imidazole rings is 1. The van der Waals surface area contributed by atoms with E-state index in [1.807, 2.05) is 58.2 Å². The van der Waals surface area contributed by atoms with Gasteiger partial charge in [-0.25, -0.2) is 14.6 Å². The number of nitrogens with one attached hydrogen (secondary N) is 2. The molecule has 21 N–H and O–H groups in total. The number of unbranched alkanes of at least 4 members (excludes halogenated alkanes) is 1. The summed E-state index contributed by atoms with van der Waals surface area (Å²) < 4.78 is 4.65. The van der Waals surface area contributed by atoms with Crippen molar-refractivity contribution in [3.63, 3.8) is 0 Å². The normalized spacial score (nSPS) is 13.5. The average molecular weight is 855 g/mol. The van der Waals surface area contributed by atoms with Gasteiger partial charge >= 0.3 is 35.8 Å². The molecule has 0 amide bonds. The number of para-hydroxylation sites is 1. The van der Waals surface area contributed by atoms with Gasteiger partial charge in [-0.15, -0.1) is 0 Å². The van der Waals surface area contributed by atoms with Crippen LogP contribution in [0.2, 0.25) is 0 Å². The van der Waals surface area contributed by atoms with Crippen molar-refractivity contribution in [2.24, 2.45) is 52.0 Å². The highest BCUT2D eigenvalue weighted by atomic mass is 16.6. The zero-order valence-corrected chi connectivity index (χ0v) is 34.6. The minimum atomic E-state index is -1.18. The van der Waals surface area contributed by atoms with E-state index < -0.39 is 78.7 Å². The SMILES string of the molecule is CC(C)C[C@@H](N)C(=O)OC(=O)[C@@H](N)CCCCN.CC(C)C[C@H](N)C(=O)O.N[C@@H](Cc1c[nH]cn1)C(=O)O.N[C@H](CO)C(=O)O.N[C@H](Cc1c[nH]c2ccccc12)C(=O)O. The maximum absolute atomic E-state index is 11.5. The predicted octanol–water partition coefficient (Wildman–Crippen LogP) is -0.793. The number of ether oxygens (including phenoxy) is 1. The second-order valence-electron chi connectivity index (χ2n) is 14.3. The molecule has 6 atom stereocenters. The number of aromatic nitrogens is 3. The number of carboxylic acid groups (broad SMARTS) is 4. The number of nitrogens with two attached hydrogens (primary N) is 7. The molecule has 3 rings (SSSR count). The number of aliphatic hydroxyl groups excluding tert-OH is 1. The summed E-state index contributed by atoms with van der Waals surface area (Å²) in [5.41, 5.74) is 39.9. The van der Waals surface area contributed by atoms with Crippen molar-refractivity contribution in [1.29, 1.82) is 0 Å². The van der Waals surface area contributed by atoms with Crippen molar-refractivity contribution in [2.75, 3.05) is 13.2 Å². The Labute approximate surface area is 348 Å². The van der Waals surface area contributed by atoms with Crippen molar-refractivity contribution in [2.45, 2.75) is 109 Å². The van der Waals surface area contributed by atoms with Crippen LogP contribution in [-0.2, 0) is 46.3 Å². The van der Waals surface area contributed by atoms with Gasteiger partial charge in [0.25, 0.3) is 0 Å². The number of hydrogen-bond acceptors (Lipinski definition) is 16. The zero-order valence-electron chi connectivity index (χ0n) is 34.6. The lowest BCUT2D eigenvalue weighted by Crippen LogP contribution is -2.40. The van der Waals surface area contributed by atoms with Crippen LogP contribution >= 0.6 is 0 Å². The number of aliphatic hydroxyl groups is 1. The Kier molecular flexibility index (Phi) is 29.9. The molecule has 0 aliphatic heterocycles. The fourth-order valence-corrected chi connectivity index (χ4v) is 4.51. The first-order valence-electron chi connectivity index (χ1n) is 19.0. The second-order valence-corrected chi connectivity index (χ2v) is 14.3. The first-order chi connectivity index (χ1) is 28.0. The van der Waals surface area contributed by atoms with E-state index in [0.29, 0.717) is 43.8 Å². The highest BCUT2D eigenvalue weighted by molar-refractivity contribution is 5.90. The van der Waals surface area contributed by atoms with Crippen molar-refractivity contribution in [3.8, 4) is 0 Å². The van der Waals surface area contributed by atoms with Crippen LogP contribution in [0.1, 0.15) is 71.1 Å². The fourth-order valence-electron chi connectivity index (χ4n) is 4.51. The lowest BCUT2D eigenvalue weighted by Gasteiger charge is -2.14. The summed E-state index contributed by atoms with van der Waals surface area (Å²) >= 11 is 0. The number of aliphatic carboxylic acids is 4. The molecule has 0 aliphatic rings. The summed E-state index contributed by atoms with van der Waals surface area (Å²) in [6, 6.07) is 2.68. The van der Waals surface area contributed by atoms with Gasteiger partial charge in [-0.2, -0.15) is 0 Å². The Morgan fingerprint density at radius 2 is 1.17 bits per heavy atom. The molecule has 340 valence electrons. The first-order valence-corrected chi connectivity index (χ1v) is 19.0. The molecule has 1 aromatic carbocycles. The number of esters is 2. The largest absolute Gasteiger partial charge is 0.480 e. The maximum atomic E-state index is 11.5. The van der Waals surface area contributed by atoms with Crippen molar-refractivity contribution < 1.29 is 59.0 Å². The van der Waals surface area contributed by atoms with Gasteiger partial charge in [-0.1, -0.05) is 52.3 Å². The fraction of sp³-hybridized carbons (Fsp3) is 0.553. The molecule has 0 radical (unpaired) electrons. The van der Waals surface area contributed by atoms with Crippen LogP contribution in [0.15, 0.2) is 43.0 Å². The van der Waals surface area contributed by atoms with Crippen LogP contribution in [0, 0.1) is 11.8 Å². The molecule has 22 heteroatoms. The van der Waals surface area contributed by atoms with Gasteiger partial charge in [-0.05, 0) is 55.7 Å². The highest BCUT2D eigenvalue weighted by Crippen LogP contribution is 2.18. The molecule has 0 bridgehead atoms. The first kappa shape index (κ1) is 56.8. The second kappa shape index (κ2) is 31.6. The molecule has 0 fully saturated rings. The molecule has 0 spiro atoms. The summed E-state index contributed by atoms with van der Waals surface area (Å²) in [6.07, 6.45) is 8.56. The molecule has 60 heavy (non-hydrogen) atoms. The van der Waals surface area contributed by atoms with Crippen LogP contribution < -0.4 is 40.1 Å². The number of H-pyrrole nitrogens is 2. The molecular weight excluding hydrogens is 788 g/mol. The summed E-state index contributed by atoms with van der Waals surface area (Å²) in [5, 5.41) is 42.4. The van der Waals surface area contributed by atoms with Crippen molar-refractivity contribution >= 4 is 46.7 Å². The van der Waals surface area contributed by atoms with Crippen LogP contribution in [0.25, 0.3) is 10.9 Å². The standard InChI is InChI=1S/C12H25N3O3.C11H12N2O2.C6H9N3O2.C6H13NO2.C3H7NO3/c1-8(2)7-10(15)12(17)18-11(16)9(14)5-3-4-6-13;12-9(11(14)15)5-7-6-13-10-4-2-1-3-8(7)10;7-5(6(10)11)1-4-2-8-3-9-4;1-4(2)3-5(7)6(8)9;4-2(1-5)3(6)7/h8-10H,3-7,13-15H2,1-2H3;1-4,6,9,13H,5,12H2,(H,14,15);2-3,5H,1,7H2,(H,8,9)(H,10,11);4-5H,3,7H2,1-2H3,(H,8,9);2,5H,1,4H2,(H,6,7)/t9-,10+;9-;2*5-;2-/m01001/s1. The molecule has 0 unspecified atom stereocenters. The summed E-state index contributed by atoms with van der Waals surface area (Å²) in [5.74, 6) is -4.87. The molecular formula is C38H66N10O12. The Morgan fingerprint density at radius 3 is 1.60 bits per heavy atom. The van der Waals surface area contributed by atoms with Gasteiger partial charge < -0.3 is 80.4 Å². The number of rotatable bonds is 19. The van der Waals surface area contributed by atoms with Gasteiger partial charge in [-0.3, -0.25) is 19.2 Å². The molecule has 22 nitrogen and oxygen atoms in total. The van der Waals surface area contributed by atoms with E-state index in [1.54, 1.807) is 6.20 Å². The number of hydrogen-bond donors (Lipinski definition) is 14. The third-order valence-electron chi connectivity index (χ3n) is 7.79. The smallest absolute Gasteiger partial charge is 0.330 e. The van der Waals surface area contributed by atoms with Gasteiger partial charge in [0.15, 0.2) is 0 Å². The average Bonchev–Trinajstić information content (AvgIpc) is 3.85. The van der Waals surface area contributed by atoms with Crippen molar-refractivity contribution in [1.82, 2.24) is 15.0 Å². The Balaban J connectivity index is 0. The minimum absolute atomic E-state index is 0.263. The van der Waals surface area contributed by atoms with Crippen LogP contribution in [0.4, 0.5) is 0 Å². The maximum Gasteiger partial charge on any atom is 0.330 e. The van der Waals surface area contributed by atoms with E-state index in [2.05, 4.69) is 19.7 Å². The van der Waals surface area contributed by atoms with Crippen LogP contribution in [-0.4, -0.2) is 126 Å². The van der Waals surface area contributed by atoms with Gasteiger partial charge in [0.2, 0.25) is 0 Å². The summed E-state index contributed by atoms with van der Waals surface area (Å²) in [4.78, 5) is 73.2. The molecule has 0 aliphatic carbocycles. The molecule has 2 heterocycles. The highest BCUT2D eigenvalue weighted by Gasteiger charge is 2.23. The summed E-state index contributed by atoms with van der Waals surface area (Å²) in [7, 11) is 0. The van der Waals surface area contributed by atoms with E-state index in [1.165, 1.54) is 6.33 Å². The number of carboxylic acids is 4. The summed E-state index contributed by atoms with van der Waals surface area (Å²) in [6.45, 7) is 7.82. The van der Waals surface area contributed by atoms with Gasteiger partial charge in [0, 0.05) is 36.1 Å². The molecule has 0 saturated carbocycles. The molecule has 2 aromatic heterocycles. The van der Waals surface area contributed by atoms with E-state index in [4.69, 9.17) is 65.7 Å². The van der Waals surface area contributed by atoms with E-state index in [9.17, 15) is 28.8 Å². The lowest BCUT2D eigenvalue weighted by atomic mass is 10.0. The third-order valence-corrected chi connectivity index (χ3v) is 7.79. The van der Waals surface area contributed by atoms with E-state index in [-0.39, 0.29) is 12.3 Å². The quantitative estimate of drug-likeness (QED) is 0.0399.